The highest BCUT2D eigenvalue weighted by molar-refractivity contribution is 9.10. The standard InChI is InChI=1S/C11H11BrOS/c12-9-6-11(14-7-9)5-8-2-1-3-10(13)4-8/h4,6-7H,1-3,5H2. The highest BCUT2D eigenvalue weighted by atomic mass is 79.9. The maximum atomic E-state index is 11.2. The van der Waals surface area contributed by atoms with Crippen LogP contribution >= 0.6 is 27.3 Å². The zero-order valence-corrected chi connectivity index (χ0v) is 10.2. The maximum Gasteiger partial charge on any atom is 0.155 e. The number of hydrogen-bond donors (Lipinski definition) is 0. The summed E-state index contributed by atoms with van der Waals surface area (Å²) >= 11 is 5.18. The van der Waals surface area contributed by atoms with Crippen molar-refractivity contribution >= 4 is 33.0 Å². The molecule has 14 heavy (non-hydrogen) atoms. The van der Waals surface area contributed by atoms with Crippen LogP contribution in [0, 0.1) is 0 Å². The van der Waals surface area contributed by atoms with E-state index in [1.165, 1.54) is 10.5 Å². The molecule has 0 unspecified atom stereocenters. The number of thiophene rings is 1. The largest absolute Gasteiger partial charge is 0.295 e. The summed E-state index contributed by atoms with van der Waals surface area (Å²) in [5.74, 6) is 0.293. The minimum atomic E-state index is 0.293. The van der Waals surface area contributed by atoms with Gasteiger partial charge in [0, 0.05) is 27.6 Å². The first-order chi connectivity index (χ1) is 6.74. The summed E-state index contributed by atoms with van der Waals surface area (Å²) in [6.45, 7) is 0. The molecule has 3 heteroatoms. The van der Waals surface area contributed by atoms with E-state index in [1.807, 2.05) is 6.08 Å². The monoisotopic (exact) mass is 270 g/mol. The molecule has 0 spiro atoms. The van der Waals surface area contributed by atoms with Gasteiger partial charge in [0.2, 0.25) is 0 Å². The SMILES string of the molecule is O=C1C=C(Cc2cc(Br)cs2)CCC1. The van der Waals surface area contributed by atoms with Gasteiger partial charge in [0.05, 0.1) is 0 Å². The normalized spacial score (nSPS) is 16.9. The van der Waals surface area contributed by atoms with Crippen molar-refractivity contribution in [2.45, 2.75) is 25.7 Å². The molecule has 1 aromatic rings. The van der Waals surface area contributed by atoms with Gasteiger partial charge in [-0.2, -0.15) is 0 Å². The van der Waals surface area contributed by atoms with E-state index in [4.69, 9.17) is 0 Å². The lowest BCUT2D eigenvalue weighted by molar-refractivity contribution is -0.115. The number of carbonyl (C=O) groups excluding carboxylic acids is 1. The first-order valence-electron chi connectivity index (χ1n) is 4.69. The van der Waals surface area contributed by atoms with Crippen LogP contribution in [0.4, 0.5) is 0 Å². The van der Waals surface area contributed by atoms with Crippen molar-refractivity contribution in [2.75, 3.05) is 0 Å². The molecule has 0 radical (unpaired) electrons. The Balaban J connectivity index is 2.07. The fraction of sp³-hybridized carbons (Fsp3) is 0.364. The van der Waals surface area contributed by atoms with Gasteiger partial charge < -0.3 is 0 Å². The van der Waals surface area contributed by atoms with E-state index < -0.39 is 0 Å². The first-order valence-corrected chi connectivity index (χ1v) is 6.36. The quantitative estimate of drug-likeness (QED) is 0.801. The van der Waals surface area contributed by atoms with Crippen LogP contribution in [0.3, 0.4) is 0 Å². The molecule has 1 aliphatic carbocycles. The molecule has 74 valence electrons. The molecule has 0 bridgehead atoms. The van der Waals surface area contributed by atoms with Gasteiger partial charge in [0.1, 0.15) is 0 Å². The smallest absolute Gasteiger partial charge is 0.155 e. The van der Waals surface area contributed by atoms with Crippen LogP contribution in [0.1, 0.15) is 24.1 Å². The van der Waals surface area contributed by atoms with E-state index in [1.54, 1.807) is 11.3 Å². The molecule has 2 rings (SSSR count). The summed E-state index contributed by atoms with van der Waals surface area (Å²) in [6.07, 6.45) is 5.62. The highest BCUT2D eigenvalue weighted by Gasteiger charge is 2.10. The van der Waals surface area contributed by atoms with Crippen LogP contribution in [-0.4, -0.2) is 5.78 Å². The number of allylic oxidation sites excluding steroid dienone is 2. The van der Waals surface area contributed by atoms with Crippen molar-refractivity contribution in [3.05, 3.63) is 32.4 Å². The van der Waals surface area contributed by atoms with Crippen molar-refractivity contribution in [1.29, 1.82) is 0 Å². The molecule has 0 aliphatic heterocycles. The number of hydrogen-bond acceptors (Lipinski definition) is 2. The lowest BCUT2D eigenvalue weighted by atomic mass is 9.96. The van der Waals surface area contributed by atoms with Crippen LogP contribution in [0.2, 0.25) is 0 Å². The fourth-order valence-corrected chi connectivity index (χ4v) is 3.18. The summed E-state index contributed by atoms with van der Waals surface area (Å²) in [7, 11) is 0. The molecular weight excluding hydrogens is 260 g/mol. The van der Waals surface area contributed by atoms with Crippen molar-refractivity contribution < 1.29 is 4.79 Å². The summed E-state index contributed by atoms with van der Waals surface area (Å²) in [6, 6.07) is 2.13. The van der Waals surface area contributed by atoms with Crippen molar-refractivity contribution in [2.24, 2.45) is 0 Å². The molecule has 0 fully saturated rings. The summed E-state index contributed by atoms with van der Waals surface area (Å²) in [5.41, 5.74) is 1.29. The second-order valence-corrected chi connectivity index (χ2v) is 5.44. The van der Waals surface area contributed by atoms with Gasteiger partial charge >= 0.3 is 0 Å². The van der Waals surface area contributed by atoms with Crippen LogP contribution < -0.4 is 0 Å². The van der Waals surface area contributed by atoms with Crippen molar-refractivity contribution in [3.8, 4) is 0 Å². The van der Waals surface area contributed by atoms with Crippen LogP contribution in [-0.2, 0) is 11.2 Å². The Labute approximate surface area is 96.0 Å². The highest BCUT2D eigenvalue weighted by Crippen LogP contribution is 2.25. The van der Waals surface area contributed by atoms with E-state index in [0.717, 1.165) is 30.2 Å². The van der Waals surface area contributed by atoms with E-state index in [-0.39, 0.29) is 0 Å². The average molecular weight is 271 g/mol. The number of rotatable bonds is 2. The maximum absolute atomic E-state index is 11.2. The molecule has 1 aromatic heterocycles. The zero-order chi connectivity index (χ0) is 9.97. The predicted molar refractivity (Wildman–Crippen MR) is 62.7 cm³/mol. The third-order valence-electron chi connectivity index (χ3n) is 2.31. The Hall–Kier alpha value is -0.410. The molecule has 0 saturated carbocycles. The van der Waals surface area contributed by atoms with Crippen molar-refractivity contribution in [1.82, 2.24) is 0 Å². The van der Waals surface area contributed by atoms with E-state index in [9.17, 15) is 4.79 Å². The van der Waals surface area contributed by atoms with Gasteiger partial charge in [-0.1, -0.05) is 5.57 Å². The fourth-order valence-electron chi connectivity index (χ4n) is 1.67. The van der Waals surface area contributed by atoms with Crippen LogP contribution in [0.15, 0.2) is 27.6 Å². The average Bonchev–Trinajstić information content (AvgIpc) is 2.51. The molecule has 0 N–H and O–H groups in total. The van der Waals surface area contributed by atoms with E-state index >= 15 is 0 Å². The molecule has 0 saturated heterocycles. The van der Waals surface area contributed by atoms with Gasteiger partial charge in [-0.3, -0.25) is 4.79 Å². The molecule has 0 atom stereocenters. The third kappa shape index (κ3) is 2.55. The first kappa shape index (κ1) is 10.1. The number of halogens is 1. The molecule has 1 heterocycles. The Kier molecular flexibility index (Phi) is 3.19. The Morgan fingerprint density at radius 3 is 2.93 bits per heavy atom. The van der Waals surface area contributed by atoms with Gasteiger partial charge in [-0.05, 0) is 40.9 Å². The second-order valence-electron chi connectivity index (χ2n) is 3.53. The minimum Gasteiger partial charge on any atom is -0.295 e. The Morgan fingerprint density at radius 1 is 1.43 bits per heavy atom. The number of ketones is 1. The predicted octanol–water partition coefficient (Wildman–Crippen LogP) is 3.73. The summed E-state index contributed by atoms with van der Waals surface area (Å²) in [4.78, 5) is 12.5. The van der Waals surface area contributed by atoms with E-state index in [0.29, 0.717) is 5.78 Å². The molecular formula is C11H11BrOS. The zero-order valence-electron chi connectivity index (χ0n) is 7.75. The van der Waals surface area contributed by atoms with Crippen LogP contribution in [0.25, 0.3) is 0 Å². The number of carbonyl (C=O) groups is 1. The summed E-state index contributed by atoms with van der Waals surface area (Å²) < 4.78 is 1.14. The van der Waals surface area contributed by atoms with Gasteiger partial charge in [-0.15, -0.1) is 11.3 Å². The molecule has 1 aliphatic rings. The van der Waals surface area contributed by atoms with Crippen molar-refractivity contribution in [3.63, 3.8) is 0 Å². The second kappa shape index (κ2) is 4.41. The molecule has 0 aromatic carbocycles. The lowest BCUT2D eigenvalue weighted by Gasteiger charge is -2.10. The van der Waals surface area contributed by atoms with Gasteiger partial charge in [-0.25, -0.2) is 0 Å². The van der Waals surface area contributed by atoms with Crippen LogP contribution in [0.5, 0.6) is 0 Å². The topological polar surface area (TPSA) is 17.1 Å². The lowest BCUT2D eigenvalue weighted by Crippen LogP contribution is -2.03. The Morgan fingerprint density at radius 2 is 2.29 bits per heavy atom. The minimum absolute atomic E-state index is 0.293. The Bertz CT molecular complexity index is 378. The molecule has 1 nitrogen and oxygen atoms in total. The van der Waals surface area contributed by atoms with E-state index in [2.05, 4.69) is 27.4 Å². The van der Waals surface area contributed by atoms with Gasteiger partial charge in [0.15, 0.2) is 5.78 Å². The summed E-state index contributed by atoms with van der Waals surface area (Å²) in [5, 5.41) is 2.08. The third-order valence-corrected chi connectivity index (χ3v) is 4.01. The molecule has 0 amide bonds. The van der Waals surface area contributed by atoms with Gasteiger partial charge in [0.25, 0.3) is 0 Å².